The molecule has 3 aromatic carbocycles. The van der Waals surface area contributed by atoms with Gasteiger partial charge in [-0.1, -0.05) is 79.7 Å². The standard InChI is InChI=1S/C30H37NO4/c1-22(30(33)31(3)23(2)29(32)25-14-9-6-10-15-25)18-19-28(34-4)26-16-11-17-27(20-26)35-21-24-12-7-5-8-13-24/h5-17,20,22-23,28-29,32H,18-19,21H2,1-4H3/t22-,23+,28-,29-/m0/s1. The smallest absolute Gasteiger partial charge is 0.225 e. The zero-order chi connectivity index (χ0) is 25.2. The molecule has 0 aliphatic carbocycles. The molecule has 1 amide bonds. The molecule has 186 valence electrons. The molecule has 0 unspecified atom stereocenters. The Bertz CT molecular complexity index is 1040. The van der Waals surface area contributed by atoms with Crippen molar-refractivity contribution in [3.8, 4) is 5.75 Å². The number of amides is 1. The molecule has 0 heterocycles. The highest BCUT2D eigenvalue weighted by Gasteiger charge is 2.27. The van der Waals surface area contributed by atoms with Gasteiger partial charge in [-0.2, -0.15) is 0 Å². The fourth-order valence-electron chi connectivity index (χ4n) is 4.18. The van der Waals surface area contributed by atoms with Gasteiger partial charge in [-0.3, -0.25) is 4.79 Å². The third-order valence-corrected chi connectivity index (χ3v) is 6.60. The lowest BCUT2D eigenvalue weighted by molar-refractivity contribution is -0.138. The minimum absolute atomic E-state index is 0.0160. The summed E-state index contributed by atoms with van der Waals surface area (Å²) in [5, 5.41) is 10.7. The van der Waals surface area contributed by atoms with Crippen LogP contribution in [0.4, 0.5) is 0 Å². The molecule has 0 aromatic heterocycles. The Morgan fingerprint density at radius 1 is 0.886 bits per heavy atom. The second-order valence-corrected chi connectivity index (χ2v) is 9.09. The van der Waals surface area contributed by atoms with Crippen molar-refractivity contribution in [2.24, 2.45) is 5.92 Å². The molecule has 3 rings (SSSR count). The first-order valence-electron chi connectivity index (χ1n) is 12.2. The number of hydrogen-bond donors (Lipinski definition) is 1. The third-order valence-electron chi connectivity index (χ3n) is 6.60. The van der Waals surface area contributed by atoms with Gasteiger partial charge in [0.25, 0.3) is 0 Å². The molecular weight excluding hydrogens is 438 g/mol. The van der Waals surface area contributed by atoms with E-state index in [1.54, 1.807) is 19.1 Å². The van der Waals surface area contributed by atoms with Crippen molar-refractivity contribution in [1.29, 1.82) is 0 Å². The van der Waals surface area contributed by atoms with Crippen molar-refractivity contribution >= 4 is 5.91 Å². The van der Waals surface area contributed by atoms with Gasteiger partial charge in [-0.25, -0.2) is 0 Å². The predicted molar refractivity (Wildman–Crippen MR) is 139 cm³/mol. The Morgan fingerprint density at radius 3 is 2.17 bits per heavy atom. The van der Waals surface area contributed by atoms with E-state index in [1.807, 2.05) is 98.8 Å². The monoisotopic (exact) mass is 475 g/mol. The van der Waals surface area contributed by atoms with Crippen LogP contribution in [-0.2, 0) is 16.1 Å². The molecule has 0 aliphatic rings. The van der Waals surface area contributed by atoms with Gasteiger partial charge in [-0.15, -0.1) is 0 Å². The number of ether oxygens (including phenoxy) is 2. The largest absolute Gasteiger partial charge is 0.489 e. The van der Waals surface area contributed by atoms with Crippen molar-refractivity contribution < 1.29 is 19.4 Å². The number of carbonyl (C=O) groups is 1. The van der Waals surface area contributed by atoms with Gasteiger partial charge in [0, 0.05) is 20.1 Å². The van der Waals surface area contributed by atoms with Crippen LogP contribution in [0.15, 0.2) is 84.9 Å². The minimum Gasteiger partial charge on any atom is -0.489 e. The molecule has 35 heavy (non-hydrogen) atoms. The first-order chi connectivity index (χ1) is 16.9. The van der Waals surface area contributed by atoms with Crippen LogP contribution in [0.1, 0.15) is 55.6 Å². The maximum absolute atomic E-state index is 13.1. The summed E-state index contributed by atoms with van der Waals surface area (Å²) >= 11 is 0. The molecule has 0 radical (unpaired) electrons. The lowest BCUT2D eigenvalue weighted by Crippen LogP contribution is -2.41. The van der Waals surface area contributed by atoms with Crippen molar-refractivity contribution in [1.82, 2.24) is 4.90 Å². The Morgan fingerprint density at radius 2 is 1.51 bits per heavy atom. The number of aliphatic hydroxyl groups is 1. The molecule has 5 heteroatoms. The first-order valence-corrected chi connectivity index (χ1v) is 12.2. The van der Waals surface area contributed by atoms with Crippen LogP contribution in [0.2, 0.25) is 0 Å². The van der Waals surface area contributed by atoms with Crippen LogP contribution < -0.4 is 4.74 Å². The SMILES string of the molecule is CO[C@@H](CC[C@H](C)C(=O)N(C)[C@H](C)[C@H](O)c1ccccc1)c1cccc(OCc2ccccc2)c1. The summed E-state index contributed by atoms with van der Waals surface area (Å²) in [6.07, 6.45) is 0.505. The van der Waals surface area contributed by atoms with Gasteiger partial charge in [0.1, 0.15) is 12.4 Å². The Hall–Kier alpha value is -3.15. The van der Waals surface area contributed by atoms with E-state index >= 15 is 0 Å². The summed E-state index contributed by atoms with van der Waals surface area (Å²) in [5.74, 6) is 0.615. The van der Waals surface area contributed by atoms with Gasteiger partial charge >= 0.3 is 0 Å². The van der Waals surface area contributed by atoms with Crippen LogP contribution in [0.3, 0.4) is 0 Å². The quantitative estimate of drug-likeness (QED) is 0.352. The van der Waals surface area contributed by atoms with E-state index in [1.165, 1.54) is 0 Å². The summed E-state index contributed by atoms with van der Waals surface area (Å²) in [6.45, 7) is 4.32. The molecular formula is C30H37NO4. The van der Waals surface area contributed by atoms with E-state index in [0.29, 0.717) is 19.4 Å². The predicted octanol–water partition coefficient (Wildman–Crippen LogP) is 5.95. The van der Waals surface area contributed by atoms with Crippen molar-refractivity contribution in [2.45, 2.75) is 51.5 Å². The fraction of sp³-hybridized carbons (Fsp3) is 0.367. The number of likely N-dealkylation sites (N-methyl/N-ethyl adjacent to an activating group) is 1. The molecule has 0 saturated heterocycles. The third kappa shape index (κ3) is 7.41. The van der Waals surface area contributed by atoms with Crippen molar-refractivity contribution in [3.63, 3.8) is 0 Å². The minimum atomic E-state index is -0.734. The summed E-state index contributed by atoms with van der Waals surface area (Å²) in [5.41, 5.74) is 2.95. The van der Waals surface area contributed by atoms with E-state index in [9.17, 15) is 9.90 Å². The zero-order valence-corrected chi connectivity index (χ0v) is 21.1. The van der Waals surface area contributed by atoms with E-state index in [4.69, 9.17) is 9.47 Å². The highest BCUT2D eigenvalue weighted by molar-refractivity contribution is 5.78. The molecule has 1 N–H and O–H groups in total. The first kappa shape index (κ1) is 26.5. The molecule has 3 aromatic rings. The number of aliphatic hydroxyl groups excluding tert-OH is 1. The lowest BCUT2D eigenvalue weighted by atomic mass is 9.96. The molecule has 0 saturated carbocycles. The zero-order valence-electron chi connectivity index (χ0n) is 21.1. The summed E-state index contributed by atoms with van der Waals surface area (Å²) in [4.78, 5) is 14.7. The fourth-order valence-corrected chi connectivity index (χ4v) is 4.18. The number of carbonyl (C=O) groups excluding carboxylic acids is 1. The van der Waals surface area contributed by atoms with E-state index in [2.05, 4.69) is 0 Å². The summed E-state index contributed by atoms with van der Waals surface area (Å²) in [6, 6.07) is 27.1. The highest BCUT2D eigenvalue weighted by Crippen LogP contribution is 2.29. The number of hydrogen-bond acceptors (Lipinski definition) is 4. The Balaban J connectivity index is 1.55. The van der Waals surface area contributed by atoms with E-state index in [-0.39, 0.29) is 24.0 Å². The normalized spacial score (nSPS) is 14.5. The van der Waals surface area contributed by atoms with Crippen LogP contribution in [0.5, 0.6) is 5.75 Å². The Labute approximate surface area is 209 Å². The number of nitrogens with zero attached hydrogens (tertiary/aromatic N) is 1. The van der Waals surface area contributed by atoms with Gasteiger partial charge < -0.3 is 19.5 Å². The molecule has 4 atom stereocenters. The summed E-state index contributed by atoms with van der Waals surface area (Å²) < 4.78 is 11.7. The Kier molecular flexibility index (Phi) is 9.88. The average molecular weight is 476 g/mol. The second kappa shape index (κ2) is 13.1. The maximum atomic E-state index is 13.1. The van der Waals surface area contributed by atoms with E-state index in [0.717, 1.165) is 22.4 Å². The number of rotatable bonds is 12. The summed E-state index contributed by atoms with van der Waals surface area (Å²) in [7, 11) is 3.45. The molecule has 0 aliphatic heterocycles. The molecule has 5 nitrogen and oxygen atoms in total. The van der Waals surface area contributed by atoms with Crippen molar-refractivity contribution in [2.75, 3.05) is 14.2 Å². The number of methoxy groups -OCH3 is 1. The van der Waals surface area contributed by atoms with Gasteiger partial charge in [0.15, 0.2) is 0 Å². The maximum Gasteiger partial charge on any atom is 0.225 e. The second-order valence-electron chi connectivity index (χ2n) is 9.09. The van der Waals surface area contributed by atoms with E-state index < -0.39 is 6.10 Å². The van der Waals surface area contributed by atoms with Gasteiger partial charge in [0.05, 0.1) is 18.2 Å². The number of benzene rings is 3. The highest BCUT2D eigenvalue weighted by atomic mass is 16.5. The molecule has 0 fully saturated rings. The van der Waals surface area contributed by atoms with Crippen LogP contribution >= 0.6 is 0 Å². The topological polar surface area (TPSA) is 59.0 Å². The van der Waals surface area contributed by atoms with Gasteiger partial charge in [0.2, 0.25) is 5.91 Å². The lowest BCUT2D eigenvalue weighted by Gasteiger charge is -2.31. The van der Waals surface area contributed by atoms with Crippen LogP contribution in [0.25, 0.3) is 0 Å². The van der Waals surface area contributed by atoms with Crippen LogP contribution in [-0.4, -0.2) is 36.1 Å². The average Bonchev–Trinajstić information content (AvgIpc) is 2.91. The molecule has 0 spiro atoms. The van der Waals surface area contributed by atoms with Crippen LogP contribution in [0, 0.1) is 5.92 Å². The van der Waals surface area contributed by atoms with Crippen molar-refractivity contribution in [3.05, 3.63) is 102 Å². The molecule has 0 bridgehead atoms. The van der Waals surface area contributed by atoms with Gasteiger partial charge in [-0.05, 0) is 48.6 Å².